The summed E-state index contributed by atoms with van der Waals surface area (Å²) in [5.41, 5.74) is 4.05. The fourth-order valence-corrected chi connectivity index (χ4v) is 6.25. The molecule has 50 heavy (non-hydrogen) atoms. The molecule has 1 aromatic heterocycles. The third-order valence-corrected chi connectivity index (χ3v) is 9.48. The van der Waals surface area contributed by atoms with E-state index in [1.165, 1.54) is 0 Å². The molecule has 3 unspecified atom stereocenters. The molecule has 1 aliphatic carbocycles. The van der Waals surface area contributed by atoms with Crippen molar-refractivity contribution in [2.75, 3.05) is 39.8 Å². The van der Waals surface area contributed by atoms with E-state index in [-0.39, 0.29) is 54.0 Å². The first-order valence-electron chi connectivity index (χ1n) is 17.2. The molecular weight excluding hydrogens is 630 g/mol. The van der Waals surface area contributed by atoms with Crippen LogP contribution in [0.25, 0.3) is 0 Å². The summed E-state index contributed by atoms with van der Waals surface area (Å²) in [4.78, 5) is 22.4. The maximum absolute atomic E-state index is 13.4. The minimum atomic E-state index is -0.381. The van der Waals surface area contributed by atoms with Crippen LogP contribution in [-0.2, 0) is 0 Å². The number of rotatable bonds is 9. The van der Waals surface area contributed by atoms with E-state index in [1.54, 1.807) is 22.9 Å². The second-order valence-electron chi connectivity index (χ2n) is 14.4. The highest BCUT2D eigenvalue weighted by Crippen LogP contribution is 2.38. The molecular formula is C38H51N9O3. The third-order valence-electron chi connectivity index (χ3n) is 9.48. The summed E-state index contributed by atoms with van der Waals surface area (Å²) in [6.07, 6.45) is 2.92. The molecule has 2 heterocycles. The van der Waals surface area contributed by atoms with Gasteiger partial charge in [0.05, 0.1) is 31.1 Å². The summed E-state index contributed by atoms with van der Waals surface area (Å²) in [6.45, 7) is 10.6. The number of hydrogen-bond donors (Lipinski definition) is 6. The molecule has 2 amide bonds. The predicted molar refractivity (Wildman–Crippen MR) is 197 cm³/mol. The lowest BCUT2D eigenvalue weighted by Crippen LogP contribution is -2.54. The molecule has 5 rings (SSSR count). The summed E-state index contributed by atoms with van der Waals surface area (Å²) in [5.74, 6) is 1.23. The molecule has 1 fully saturated rings. The second kappa shape index (κ2) is 15.9. The molecule has 0 bridgehead atoms. The first kappa shape index (κ1) is 36.6. The van der Waals surface area contributed by atoms with E-state index in [0.717, 1.165) is 29.8 Å². The van der Waals surface area contributed by atoms with E-state index in [0.29, 0.717) is 48.9 Å². The Hall–Kier alpha value is -4.65. The minimum Gasteiger partial charge on any atom is -0.484 e. The molecule has 0 spiro atoms. The van der Waals surface area contributed by atoms with Crippen molar-refractivity contribution >= 4 is 29.1 Å². The maximum Gasteiger partial charge on any atom is 0.320 e. The van der Waals surface area contributed by atoms with Crippen LogP contribution < -0.4 is 20.9 Å². The van der Waals surface area contributed by atoms with Crippen molar-refractivity contribution in [1.29, 1.82) is 16.2 Å². The van der Waals surface area contributed by atoms with E-state index in [2.05, 4.69) is 20.4 Å². The van der Waals surface area contributed by atoms with Crippen molar-refractivity contribution in [3.63, 3.8) is 0 Å². The number of nitrogens with one attached hydrogen (secondary N) is 5. The number of amides is 2. The molecule has 6 N–H and O–H groups in total. The van der Waals surface area contributed by atoms with E-state index in [1.807, 2.05) is 83.3 Å². The lowest BCUT2D eigenvalue weighted by atomic mass is 9.85. The van der Waals surface area contributed by atoms with Gasteiger partial charge in [0.1, 0.15) is 29.0 Å². The number of urea groups is 1. The van der Waals surface area contributed by atoms with Crippen LogP contribution in [0.5, 0.6) is 5.75 Å². The van der Waals surface area contributed by atoms with Gasteiger partial charge in [0.25, 0.3) is 0 Å². The molecule has 2 aliphatic rings. The van der Waals surface area contributed by atoms with Gasteiger partial charge in [-0.15, -0.1) is 0 Å². The number of aliphatic hydroxyl groups is 1. The Morgan fingerprint density at radius 3 is 2.44 bits per heavy atom. The van der Waals surface area contributed by atoms with Gasteiger partial charge in [-0.2, -0.15) is 0 Å². The molecule has 3 aromatic rings. The van der Waals surface area contributed by atoms with Crippen LogP contribution >= 0.6 is 0 Å². The van der Waals surface area contributed by atoms with Crippen LogP contribution in [0.4, 0.5) is 10.5 Å². The van der Waals surface area contributed by atoms with Gasteiger partial charge in [-0.3, -0.25) is 30.5 Å². The highest BCUT2D eigenvalue weighted by molar-refractivity contribution is 6.09. The molecule has 1 saturated heterocycles. The third kappa shape index (κ3) is 9.32. The summed E-state index contributed by atoms with van der Waals surface area (Å²) in [6, 6.07) is 18.5. The first-order chi connectivity index (χ1) is 23.8. The summed E-state index contributed by atoms with van der Waals surface area (Å²) in [5, 5.41) is 41.7. The number of hydrogen-bond acceptors (Lipinski definition) is 9. The van der Waals surface area contributed by atoms with Crippen LogP contribution in [-0.4, -0.2) is 88.8 Å². The van der Waals surface area contributed by atoms with E-state index >= 15 is 0 Å². The van der Waals surface area contributed by atoms with Crippen molar-refractivity contribution in [3.8, 4) is 5.75 Å². The lowest BCUT2D eigenvalue weighted by Gasteiger charge is -2.38. The monoisotopic (exact) mass is 681 g/mol. The number of piperazine rings is 1. The number of benzene rings is 2. The lowest BCUT2D eigenvalue weighted by molar-refractivity contribution is 0.0649. The van der Waals surface area contributed by atoms with E-state index in [4.69, 9.17) is 26.0 Å². The summed E-state index contributed by atoms with van der Waals surface area (Å²) >= 11 is 0. The number of fused-ring (bicyclic) bond motifs is 1. The quantitative estimate of drug-likeness (QED) is 0.136. The van der Waals surface area contributed by atoms with Gasteiger partial charge in [0.15, 0.2) is 0 Å². The molecule has 12 nitrogen and oxygen atoms in total. The van der Waals surface area contributed by atoms with Crippen LogP contribution in [0.2, 0.25) is 0 Å². The van der Waals surface area contributed by atoms with E-state index < -0.39 is 0 Å². The van der Waals surface area contributed by atoms with Crippen molar-refractivity contribution in [3.05, 3.63) is 89.0 Å². The number of amidine groups is 1. The smallest absolute Gasteiger partial charge is 0.320 e. The van der Waals surface area contributed by atoms with Gasteiger partial charge in [0.2, 0.25) is 0 Å². The molecule has 0 saturated carbocycles. The summed E-state index contributed by atoms with van der Waals surface area (Å²) < 4.78 is 8.05. The Bertz CT molecular complexity index is 1780. The average molecular weight is 682 g/mol. The Balaban J connectivity index is 1.27. The largest absolute Gasteiger partial charge is 0.484 e. The number of aliphatic imine (C=N–C) groups is 1. The van der Waals surface area contributed by atoms with Crippen LogP contribution in [0, 0.1) is 28.6 Å². The molecule has 2 aromatic carbocycles. The zero-order chi connectivity index (χ0) is 36.0. The fraction of sp³-hybridized carbons (Fsp3) is 0.447. The van der Waals surface area contributed by atoms with Gasteiger partial charge in [0, 0.05) is 37.8 Å². The Morgan fingerprint density at radius 1 is 1.02 bits per heavy atom. The molecule has 266 valence electrons. The number of ether oxygens (including phenoxy) is 1. The highest BCUT2D eigenvalue weighted by atomic mass is 16.5. The van der Waals surface area contributed by atoms with Crippen molar-refractivity contribution in [1.82, 2.24) is 25.0 Å². The number of pyridine rings is 1. The van der Waals surface area contributed by atoms with Crippen LogP contribution in [0.15, 0.2) is 71.9 Å². The van der Waals surface area contributed by atoms with Crippen LogP contribution in [0.3, 0.4) is 0 Å². The number of nitrogens with zero attached hydrogens (tertiary/aromatic N) is 4. The SMILES string of the molecule is Cc1ccc(N=C(CC(=N)C(C)(C)C)NC(=O)NC2CCC(Oc3ccc(=N)n(C(=N)CN4CCN(C)C(CO)C4)c3)c3ccccc32)cc1. The van der Waals surface area contributed by atoms with Gasteiger partial charge >= 0.3 is 6.03 Å². The zero-order valence-electron chi connectivity index (χ0n) is 29.8. The molecule has 3 atom stereocenters. The predicted octanol–water partition coefficient (Wildman–Crippen LogP) is 5.15. The first-order valence-corrected chi connectivity index (χ1v) is 17.2. The maximum atomic E-state index is 13.4. The highest BCUT2D eigenvalue weighted by Gasteiger charge is 2.30. The number of aliphatic hydroxyl groups excluding tert-OH is 1. The summed E-state index contributed by atoms with van der Waals surface area (Å²) in [7, 11) is 2.00. The van der Waals surface area contributed by atoms with Gasteiger partial charge in [-0.05, 0) is 67.6 Å². The molecule has 12 heteroatoms. The van der Waals surface area contributed by atoms with Gasteiger partial charge in [-0.25, -0.2) is 9.79 Å². The normalized spacial score (nSPS) is 20.1. The number of likely N-dealkylation sites (N-methyl/N-ethyl adjacent to an activating group) is 1. The average Bonchev–Trinajstić information content (AvgIpc) is 3.08. The minimum absolute atomic E-state index is 0.0272. The van der Waals surface area contributed by atoms with E-state index in [9.17, 15) is 9.90 Å². The molecule has 0 radical (unpaired) electrons. The standard InChI is InChI=1S/C38H51N9O3/c1-25-10-12-26(13-11-25)42-36(20-33(39)38(2,3)4)44-37(49)43-31-15-16-32(30-9-7-6-8-29(30)31)50-28-14-17-34(40)47(22-28)35(41)23-46-19-18-45(5)27(21-46)24-48/h6-14,17,22,27,31-32,39-41,48H,15-16,18-21,23-24H2,1-5H3,(H2,42,43,44,49). The Kier molecular flexibility index (Phi) is 11.7. The zero-order valence-corrected chi connectivity index (χ0v) is 29.8. The topological polar surface area (TPSA) is 166 Å². The van der Waals surface area contributed by atoms with Gasteiger partial charge in [-0.1, -0.05) is 62.7 Å². The Morgan fingerprint density at radius 2 is 1.74 bits per heavy atom. The van der Waals surface area contributed by atoms with Gasteiger partial charge < -0.3 is 20.6 Å². The van der Waals surface area contributed by atoms with Crippen molar-refractivity contribution in [2.45, 2.75) is 65.1 Å². The number of aromatic nitrogens is 1. The Labute approximate surface area is 294 Å². The second-order valence-corrected chi connectivity index (χ2v) is 14.4. The number of aryl methyl sites for hydroxylation is 1. The van der Waals surface area contributed by atoms with Crippen LogP contribution in [0.1, 0.15) is 68.9 Å². The molecule has 1 aliphatic heterocycles. The number of carbonyl (C=O) groups is 1. The number of carbonyl (C=O) groups excluding carboxylic acids is 1. The van der Waals surface area contributed by atoms with Crippen molar-refractivity contribution < 1.29 is 14.6 Å². The fourth-order valence-electron chi connectivity index (χ4n) is 6.25. The van der Waals surface area contributed by atoms with Crippen molar-refractivity contribution in [2.24, 2.45) is 10.4 Å².